The highest BCUT2D eigenvalue weighted by Gasteiger charge is 2.29. The smallest absolute Gasteiger partial charge is 0.333 e. The fourth-order valence-electron chi connectivity index (χ4n) is 3.95. The van der Waals surface area contributed by atoms with Gasteiger partial charge in [-0.3, -0.25) is 20.2 Å². The molecule has 3 aromatic rings. The normalized spacial score (nSPS) is 14.9. The SMILES string of the molecule is C[n+]1cc([N+](=O)[O-])c(C(=O)Nc2nc3ccccc3n2CC[NH+]2CCCCC2)[nH]1. The summed E-state index contributed by atoms with van der Waals surface area (Å²) in [6.07, 6.45) is 5.07. The molecule has 29 heavy (non-hydrogen) atoms. The molecule has 1 aliphatic rings. The highest BCUT2D eigenvalue weighted by atomic mass is 16.6. The highest BCUT2D eigenvalue weighted by molar-refractivity contribution is 6.05. The first-order chi connectivity index (χ1) is 14.0. The summed E-state index contributed by atoms with van der Waals surface area (Å²) in [5.74, 6) is -0.182. The Morgan fingerprint density at radius 1 is 1.34 bits per heavy atom. The number of anilines is 1. The van der Waals surface area contributed by atoms with Crippen LogP contribution in [0.2, 0.25) is 0 Å². The number of H-pyrrole nitrogens is 1. The molecule has 1 fully saturated rings. The summed E-state index contributed by atoms with van der Waals surface area (Å²) in [4.78, 5) is 29.5. The first-order valence-corrected chi connectivity index (χ1v) is 9.86. The molecule has 3 heterocycles. The Kier molecular flexibility index (Phi) is 5.26. The van der Waals surface area contributed by atoms with Crippen molar-refractivity contribution >= 4 is 28.6 Å². The Morgan fingerprint density at radius 3 is 2.86 bits per heavy atom. The lowest BCUT2D eigenvalue weighted by atomic mass is 10.1. The Balaban J connectivity index is 1.61. The minimum atomic E-state index is -0.584. The third-order valence-corrected chi connectivity index (χ3v) is 5.41. The van der Waals surface area contributed by atoms with Crippen LogP contribution < -0.4 is 14.9 Å². The van der Waals surface area contributed by atoms with Crippen molar-refractivity contribution in [3.05, 3.63) is 46.3 Å². The first kappa shape index (κ1) is 19.1. The van der Waals surface area contributed by atoms with Gasteiger partial charge in [0, 0.05) is 0 Å². The van der Waals surface area contributed by atoms with Crippen molar-refractivity contribution in [1.29, 1.82) is 0 Å². The summed E-state index contributed by atoms with van der Waals surface area (Å²) >= 11 is 0. The molecule has 152 valence electrons. The molecule has 0 radical (unpaired) electrons. The average molecular weight is 399 g/mol. The lowest BCUT2D eigenvalue weighted by molar-refractivity contribution is -0.905. The van der Waals surface area contributed by atoms with E-state index in [-0.39, 0.29) is 11.4 Å². The Labute approximate surface area is 167 Å². The van der Waals surface area contributed by atoms with Gasteiger partial charge in [-0.25, -0.2) is 4.98 Å². The summed E-state index contributed by atoms with van der Waals surface area (Å²) in [6, 6.07) is 7.71. The maximum Gasteiger partial charge on any atom is 0.368 e. The molecule has 0 spiro atoms. The third-order valence-electron chi connectivity index (χ3n) is 5.41. The van der Waals surface area contributed by atoms with Crippen LogP contribution in [0.4, 0.5) is 11.6 Å². The predicted molar refractivity (Wildman–Crippen MR) is 106 cm³/mol. The Bertz CT molecular complexity index is 1050. The van der Waals surface area contributed by atoms with E-state index in [0.717, 1.165) is 17.6 Å². The zero-order valence-corrected chi connectivity index (χ0v) is 16.4. The number of nitrogens with zero attached hydrogens (tertiary/aromatic N) is 4. The number of amides is 1. The molecule has 3 N–H and O–H groups in total. The zero-order chi connectivity index (χ0) is 20.4. The number of quaternary nitrogens is 1. The summed E-state index contributed by atoms with van der Waals surface area (Å²) in [7, 11) is 1.60. The molecule has 1 amide bonds. The monoisotopic (exact) mass is 399 g/mol. The number of nitro groups is 1. The number of carbonyl (C=O) groups excluding carboxylic acids is 1. The molecule has 0 bridgehead atoms. The van der Waals surface area contributed by atoms with E-state index in [2.05, 4.69) is 15.4 Å². The van der Waals surface area contributed by atoms with Crippen LogP contribution in [0.5, 0.6) is 0 Å². The molecule has 1 saturated heterocycles. The van der Waals surface area contributed by atoms with Gasteiger partial charge in [0.1, 0.15) is 0 Å². The van der Waals surface area contributed by atoms with E-state index in [1.807, 2.05) is 28.8 Å². The quantitative estimate of drug-likeness (QED) is 0.317. The van der Waals surface area contributed by atoms with Crippen molar-refractivity contribution in [3.8, 4) is 0 Å². The lowest BCUT2D eigenvalue weighted by Gasteiger charge is -2.24. The molecule has 10 heteroatoms. The predicted octanol–water partition coefficient (Wildman–Crippen LogP) is 0.418. The van der Waals surface area contributed by atoms with Gasteiger partial charge in [0.05, 0.1) is 42.1 Å². The van der Waals surface area contributed by atoms with Crippen LogP contribution in [-0.2, 0) is 13.6 Å². The second-order valence-corrected chi connectivity index (χ2v) is 7.46. The third kappa shape index (κ3) is 3.97. The number of rotatable bonds is 6. The number of hydrogen-bond acceptors (Lipinski definition) is 4. The van der Waals surface area contributed by atoms with Gasteiger partial charge in [0.25, 0.3) is 12.1 Å². The standard InChI is InChI=1S/C19H23N7O3/c1-23-13-16(26(28)29)17(22-23)18(27)21-19-20-14-7-3-4-8-15(14)25(19)12-11-24-9-5-2-6-10-24/h3-4,7-8,13H,2,5-6,9-12H2,1H3,(H,20,21,27)/p+2. The Hall–Kier alpha value is -3.27. The van der Waals surface area contributed by atoms with Crippen molar-refractivity contribution in [2.45, 2.75) is 25.8 Å². The van der Waals surface area contributed by atoms with Crippen LogP contribution in [0.3, 0.4) is 0 Å². The highest BCUT2D eigenvalue weighted by Crippen LogP contribution is 2.21. The summed E-state index contributed by atoms with van der Waals surface area (Å²) < 4.78 is 3.37. The number of nitrogens with one attached hydrogen (secondary N) is 3. The van der Waals surface area contributed by atoms with E-state index in [4.69, 9.17) is 0 Å². The second-order valence-electron chi connectivity index (χ2n) is 7.46. The van der Waals surface area contributed by atoms with Crippen LogP contribution in [0.1, 0.15) is 29.8 Å². The second kappa shape index (κ2) is 8.00. The van der Waals surface area contributed by atoms with Crippen molar-refractivity contribution in [1.82, 2.24) is 14.6 Å². The van der Waals surface area contributed by atoms with E-state index < -0.39 is 10.8 Å². The number of aryl methyl sites for hydroxylation is 1. The molecule has 0 atom stereocenters. The molecule has 4 rings (SSSR count). The number of likely N-dealkylation sites (tertiary alicyclic amines) is 1. The minimum absolute atomic E-state index is 0.0993. The van der Waals surface area contributed by atoms with E-state index in [9.17, 15) is 14.9 Å². The van der Waals surface area contributed by atoms with Crippen LogP contribution in [0.25, 0.3) is 11.0 Å². The number of piperidine rings is 1. The fraction of sp³-hybridized carbons (Fsp3) is 0.421. The molecule has 1 aromatic carbocycles. The number of aromatic amines is 1. The first-order valence-electron chi connectivity index (χ1n) is 9.86. The van der Waals surface area contributed by atoms with Gasteiger partial charge in [-0.1, -0.05) is 12.1 Å². The van der Waals surface area contributed by atoms with Gasteiger partial charge in [0.15, 0.2) is 7.05 Å². The van der Waals surface area contributed by atoms with E-state index in [1.54, 1.807) is 11.9 Å². The average Bonchev–Trinajstić information content (AvgIpc) is 3.27. The summed E-state index contributed by atoms with van der Waals surface area (Å²) in [5.41, 5.74) is 1.34. The molecule has 2 aromatic heterocycles. The van der Waals surface area contributed by atoms with Crippen molar-refractivity contribution in [2.75, 3.05) is 25.0 Å². The molecule has 1 aliphatic heterocycles. The van der Waals surface area contributed by atoms with E-state index >= 15 is 0 Å². The molecule has 0 saturated carbocycles. The molecular formula is C19H25N7O3+2. The maximum atomic E-state index is 12.8. The van der Waals surface area contributed by atoms with Gasteiger partial charge in [-0.05, 0) is 31.4 Å². The number of para-hydroxylation sites is 2. The minimum Gasteiger partial charge on any atom is -0.333 e. The topological polar surface area (TPSA) is 114 Å². The molecular weight excluding hydrogens is 374 g/mol. The molecule has 10 nitrogen and oxygen atoms in total. The summed E-state index contributed by atoms with van der Waals surface area (Å²) in [5, 5.41) is 16.7. The molecule has 0 unspecified atom stereocenters. The number of imidazole rings is 1. The largest absolute Gasteiger partial charge is 0.368 e. The van der Waals surface area contributed by atoms with Gasteiger partial charge in [-0.15, -0.1) is 4.68 Å². The van der Waals surface area contributed by atoms with Crippen molar-refractivity contribution < 1.29 is 19.3 Å². The lowest BCUT2D eigenvalue weighted by Crippen LogP contribution is -3.13. The number of carbonyl (C=O) groups is 1. The zero-order valence-electron chi connectivity index (χ0n) is 16.4. The van der Waals surface area contributed by atoms with Crippen LogP contribution >= 0.6 is 0 Å². The van der Waals surface area contributed by atoms with Crippen molar-refractivity contribution in [3.63, 3.8) is 0 Å². The Morgan fingerprint density at radius 2 is 2.10 bits per heavy atom. The molecule has 0 aliphatic carbocycles. The van der Waals surface area contributed by atoms with Crippen LogP contribution in [-0.4, -0.2) is 45.1 Å². The number of benzene rings is 1. The number of aromatic nitrogens is 4. The van der Waals surface area contributed by atoms with E-state index in [1.165, 1.54) is 43.2 Å². The summed E-state index contributed by atoms with van der Waals surface area (Å²) in [6.45, 7) is 3.99. The van der Waals surface area contributed by atoms with Gasteiger partial charge >= 0.3 is 5.69 Å². The van der Waals surface area contributed by atoms with Gasteiger partial charge in [-0.2, -0.15) is 5.10 Å². The van der Waals surface area contributed by atoms with Gasteiger partial charge < -0.3 is 9.47 Å². The van der Waals surface area contributed by atoms with Crippen LogP contribution in [0.15, 0.2) is 30.5 Å². The van der Waals surface area contributed by atoms with Gasteiger partial charge in [0.2, 0.25) is 11.6 Å². The number of hydrogen-bond donors (Lipinski definition) is 3. The maximum absolute atomic E-state index is 12.8. The van der Waals surface area contributed by atoms with Crippen molar-refractivity contribution in [2.24, 2.45) is 7.05 Å². The van der Waals surface area contributed by atoms with Crippen LogP contribution in [0, 0.1) is 10.1 Å². The fourth-order valence-corrected chi connectivity index (χ4v) is 3.95. The van der Waals surface area contributed by atoms with E-state index in [0.29, 0.717) is 12.5 Å². The number of fused-ring (bicyclic) bond motifs is 1.